The number of carbonyl (C=O) groups excluding carboxylic acids is 2. The molecule has 0 radical (unpaired) electrons. The van der Waals surface area contributed by atoms with E-state index in [4.69, 9.17) is 9.84 Å². The van der Waals surface area contributed by atoms with Crippen LogP contribution in [-0.2, 0) is 14.3 Å². The molecule has 0 heterocycles. The van der Waals surface area contributed by atoms with Crippen molar-refractivity contribution in [1.29, 1.82) is 0 Å². The van der Waals surface area contributed by atoms with Gasteiger partial charge in [-0.05, 0) is 41.5 Å². The zero-order valence-electron chi connectivity index (χ0n) is 20.8. The van der Waals surface area contributed by atoms with E-state index >= 15 is 0 Å². The van der Waals surface area contributed by atoms with Gasteiger partial charge in [-0.3, -0.25) is 9.59 Å². The van der Waals surface area contributed by atoms with Crippen molar-refractivity contribution in [2.45, 2.75) is 64.8 Å². The first-order valence-electron chi connectivity index (χ1n) is 12.5. The second-order valence-corrected chi connectivity index (χ2v) is 9.22. The summed E-state index contributed by atoms with van der Waals surface area (Å²) in [5.74, 6) is -1.22. The number of nitrogens with one attached hydrogen (secondary N) is 2. The van der Waals surface area contributed by atoms with Crippen molar-refractivity contribution in [1.82, 2.24) is 10.6 Å². The van der Waals surface area contributed by atoms with Crippen LogP contribution in [0.2, 0.25) is 0 Å². The van der Waals surface area contributed by atoms with Crippen molar-refractivity contribution in [2.24, 2.45) is 5.41 Å². The van der Waals surface area contributed by atoms with E-state index in [0.29, 0.717) is 19.3 Å². The Hall–Kier alpha value is -3.35. The second kappa shape index (κ2) is 11.9. The summed E-state index contributed by atoms with van der Waals surface area (Å²) in [6.45, 7) is 6.07. The summed E-state index contributed by atoms with van der Waals surface area (Å²) in [7, 11) is 0. The maximum Gasteiger partial charge on any atom is 0.407 e. The average molecular weight is 481 g/mol. The number of benzene rings is 2. The third-order valence-electron chi connectivity index (χ3n) is 7.14. The fourth-order valence-corrected chi connectivity index (χ4v) is 4.92. The number of hydrogen-bond acceptors (Lipinski definition) is 4. The van der Waals surface area contributed by atoms with Crippen molar-refractivity contribution in [3.63, 3.8) is 0 Å². The van der Waals surface area contributed by atoms with Gasteiger partial charge in [0.15, 0.2) is 0 Å². The van der Waals surface area contributed by atoms with E-state index in [0.717, 1.165) is 28.7 Å². The van der Waals surface area contributed by atoms with Gasteiger partial charge < -0.3 is 20.5 Å². The molecule has 7 nitrogen and oxygen atoms in total. The molecule has 0 unspecified atom stereocenters. The van der Waals surface area contributed by atoms with Crippen LogP contribution in [0.25, 0.3) is 11.1 Å². The van der Waals surface area contributed by atoms with Gasteiger partial charge in [0.25, 0.3) is 0 Å². The lowest BCUT2D eigenvalue weighted by Crippen LogP contribution is -2.51. The van der Waals surface area contributed by atoms with E-state index in [1.165, 1.54) is 0 Å². The molecule has 188 valence electrons. The Kier molecular flexibility index (Phi) is 8.90. The third kappa shape index (κ3) is 6.02. The Morgan fingerprint density at radius 3 is 2.06 bits per heavy atom. The maximum atomic E-state index is 13.2. The number of ether oxygens (including phenoxy) is 1. The Balaban J connectivity index is 1.62. The lowest BCUT2D eigenvalue weighted by molar-refractivity contribution is -0.138. The molecular weight excluding hydrogens is 444 g/mol. The van der Waals surface area contributed by atoms with Gasteiger partial charge in [-0.15, -0.1) is 0 Å². The van der Waals surface area contributed by atoms with Crippen LogP contribution in [0.1, 0.15) is 69.9 Å². The molecular formula is C28H36N2O5. The van der Waals surface area contributed by atoms with Crippen molar-refractivity contribution in [3.05, 3.63) is 59.7 Å². The number of fused-ring (bicyclic) bond motifs is 3. The van der Waals surface area contributed by atoms with E-state index in [9.17, 15) is 14.4 Å². The van der Waals surface area contributed by atoms with Crippen LogP contribution in [0.4, 0.5) is 4.79 Å². The number of hydrogen-bond donors (Lipinski definition) is 3. The normalized spacial score (nSPS) is 13.5. The van der Waals surface area contributed by atoms with E-state index in [1.54, 1.807) is 0 Å². The molecule has 3 N–H and O–H groups in total. The number of amides is 2. The number of carboxylic acid groups (broad SMARTS) is 1. The summed E-state index contributed by atoms with van der Waals surface area (Å²) in [5, 5.41) is 14.9. The van der Waals surface area contributed by atoms with Crippen LogP contribution in [-0.4, -0.2) is 42.3 Å². The Labute approximate surface area is 207 Å². The molecule has 0 saturated heterocycles. The van der Waals surface area contributed by atoms with Gasteiger partial charge in [0, 0.05) is 18.5 Å². The minimum absolute atomic E-state index is 0.0376. The van der Waals surface area contributed by atoms with Crippen LogP contribution < -0.4 is 10.6 Å². The van der Waals surface area contributed by atoms with Gasteiger partial charge in [0.1, 0.15) is 6.61 Å². The lowest BCUT2D eigenvalue weighted by Gasteiger charge is -2.32. The fraction of sp³-hybridized carbons (Fsp3) is 0.464. The minimum atomic E-state index is -0.945. The first-order chi connectivity index (χ1) is 16.8. The molecule has 0 bridgehead atoms. The first-order valence-corrected chi connectivity index (χ1v) is 12.5. The Bertz CT molecular complexity index is 1000. The highest BCUT2D eigenvalue weighted by atomic mass is 16.5. The monoisotopic (exact) mass is 480 g/mol. The van der Waals surface area contributed by atoms with Crippen molar-refractivity contribution < 1.29 is 24.2 Å². The van der Waals surface area contributed by atoms with Gasteiger partial charge in [-0.1, -0.05) is 75.7 Å². The van der Waals surface area contributed by atoms with Crippen LogP contribution in [0.5, 0.6) is 0 Å². The summed E-state index contributed by atoms with van der Waals surface area (Å²) in [4.78, 5) is 37.0. The summed E-state index contributed by atoms with van der Waals surface area (Å²) < 4.78 is 5.62. The maximum absolute atomic E-state index is 13.2. The molecule has 7 heteroatoms. The van der Waals surface area contributed by atoms with Crippen LogP contribution in [0.3, 0.4) is 0 Å². The third-order valence-corrected chi connectivity index (χ3v) is 7.14. The number of aliphatic carboxylic acids is 1. The molecule has 3 rings (SSSR count). The summed E-state index contributed by atoms with van der Waals surface area (Å²) in [6.07, 6.45) is 1.67. The molecule has 0 spiro atoms. The summed E-state index contributed by atoms with van der Waals surface area (Å²) >= 11 is 0. The molecule has 0 saturated carbocycles. The summed E-state index contributed by atoms with van der Waals surface area (Å²) in [5.41, 5.74) is 3.76. The number of rotatable bonds is 12. The second-order valence-electron chi connectivity index (χ2n) is 9.22. The fourth-order valence-electron chi connectivity index (χ4n) is 4.92. The highest BCUT2D eigenvalue weighted by Crippen LogP contribution is 2.44. The predicted molar refractivity (Wildman–Crippen MR) is 135 cm³/mol. The first kappa shape index (κ1) is 26.3. The number of alkyl carbamates (subject to hydrolysis) is 1. The SMILES string of the molecule is CCC[C@@H](CC(=O)O)NC(=O)C(CC)(CC)CNC(=O)OCC1c2ccccc2-c2ccccc21. The zero-order chi connectivity index (χ0) is 25.4. The molecule has 1 atom stereocenters. The Morgan fingerprint density at radius 1 is 0.971 bits per heavy atom. The van der Waals surface area contributed by atoms with Crippen LogP contribution in [0, 0.1) is 5.41 Å². The van der Waals surface area contributed by atoms with Crippen LogP contribution in [0.15, 0.2) is 48.5 Å². The molecule has 35 heavy (non-hydrogen) atoms. The van der Waals surface area contributed by atoms with E-state index in [1.807, 2.05) is 45.0 Å². The quantitative estimate of drug-likeness (QED) is 0.392. The lowest BCUT2D eigenvalue weighted by atomic mass is 9.80. The molecule has 1 aliphatic carbocycles. The van der Waals surface area contributed by atoms with Crippen molar-refractivity contribution in [2.75, 3.05) is 13.2 Å². The van der Waals surface area contributed by atoms with Gasteiger partial charge in [-0.2, -0.15) is 0 Å². The largest absolute Gasteiger partial charge is 0.481 e. The molecule has 0 fully saturated rings. The predicted octanol–water partition coefficient (Wildman–Crippen LogP) is 5.09. The number of carbonyl (C=O) groups is 3. The summed E-state index contributed by atoms with van der Waals surface area (Å²) in [6, 6.07) is 15.9. The molecule has 2 aromatic rings. The molecule has 2 aromatic carbocycles. The highest BCUT2D eigenvalue weighted by molar-refractivity contribution is 5.84. The minimum Gasteiger partial charge on any atom is -0.481 e. The average Bonchev–Trinajstić information content (AvgIpc) is 3.17. The van der Waals surface area contributed by atoms with Crippen molar-refractivity contribution >= 4 is 18.0 Å². The van der Waals surface area contributed by atoms with E-state index < -0.39 is 23.5 Å². The highest BCUT2D eigenvalue weighted by Gasteiger charge is 2.37. The molecule has 0 aliphatic heterocycles. The zero-order valence-corrected chi connectivity index (χ0v) is 20.8. The smallest absolute Gasteiger partial charge is 0.407 e. The number of carboxylic acids is 1. The van der Waals surface area contributed by atoms with Gasteiger partial charge in [0.05, 0.1) is 11.8 Å². The Morgan fingerprint density at radius 2 is 1.54 bits per heavy atom. The molecule has 1 aliphatic rings. The standard InChI is InChI=1S/C28H36N2O5/c1-4-11-19(16-25(31)32)30-26(33)28(5-2,6-3)18-29-27(34)35-17-24-22-14-9-7-12-20(22)21-13-8-10-15-23(21)24/h7-10,12-15,19,24H,4-6,11,16-18H2,1-3H3,(H,29,34)(H,30,33)(H,31,32)/t19-/m0/s1. The van der Waals surface area contributed by atoms with Gasteiger partial charge in [0.2, 0.25) is 5.91 Å². The molecule has 0 aromatic heterocycles. The van der Waals surface area contributed by atoms with Gasteiger partial charge >= 0.3 is 12.1 Å². The topological polar surface area (TPSA) is 105 Å². The van der Waals surface area contributed by atoms with E-state index in [2.05, 4.69) is 34.9 Å². The molecule has 2 amide bonds. The van der Waals surface area contributed by atoms with Crippen molar-refractivity contribution in [3.8, 4) is 11.1 Å². The van der Waals surface area contributed by atoms with Gasteiger partial charge in [-0.25, -0.2) is 4.79 Å². The van der Waals surface area contributed by atoms with E-state index in [-0.39, 0.29) is 31.4 Å². The van der Waals surface area contributed by atoms with Crippen LogP contribution >= 0.6 is 0 Å².